The predicted octanol–water partition coefficient (Wildman–Crippen LogP) is 1.000. The van der Waals surface area contributed by atoms with Gasteiger partial charge in [0.1, 0.15) is 0 Å². The third-order valence-electron chi connectivity index (χ3n) is 1.99. The number of carbonyl (C=O) groups excluding carboxylic acids is 2. The van der Waals surface area contributed by atoms with Crippen molar-refractivity contribution in [3.05, 3.63) is 0 Å². The first-order valence-electron chi connectivity index (χ1n) is 4.46. The first kappa shape index (κ1) is 15.5. The van der Waals surface area contributed by atoms with Gasteiger partial charge in [-0.3, -0.25) is 10.1 Å². The van der Waals surface area contributed by atoms with Gasteiger partial charge >= 0.3 is 24.5 Å². The zero-order valence-corrected chi connectivity index (χ0v) is 8.60. The van der Waals surface area contributed by atoms with Crippen molar-refractivity contribution >= 4 is 11.9 Å². The molecule has 0 aromatic rings. The van der Waals surface area contributed by atoms with Gasteiger partial charge in [0.25, 0.3) is 5.91 Å². The Balaban J connectivity index is 2.97. The van der Waals surface area contributed by atoms with Crippen molar-refractivity contribution in [2.45, 2.75) is 30.9 Å². The summed E-state index contributed by atoms with van der Waals surface area (Å²) in [4.78, 5) is 21.4. The minimum absolute atomic E-state index is 1.24. The molecule has 0 spiro atoms. The van der Waals surface area contributed by atoms with Crippen molar-refractivity contribution in [2.75, 3.05) is 0 Å². The number of carbonyl (C=O) groups is 2. The molecule has 19 heavy (non-hydrogen) atoms. The fraction of sp³-hybridized carbons (Fsp3) is 0.714. The van der Waals surface area contributed by atoms with E-state index in [1.54, 1.807) is 0 Å². The molecule has 110 valence electrons. The van der Waals surface area contributed by atoms with Crippen molar-refractivity contribution in [3.63, 3.8) is 0 Å². The minimum Gasteiger partial charge on any atom is -0.309 e. The molecule has 0 aliphatic carbocycles. The lowest BCUT2D eigenvalue weighted by Gasteiger charge is -2.34. The Morgan fingerprint density at radius 2 is 1.68 bits per heavy atom. The van der Waals surface area contributed by atoms with Gasteiger partial charge in [0.15, 0.2) is 6.23 Å². The van der Waals surface area contributed by atoms with Crippen molar-refractivity contribution in [1.29, 1.82) is 0 Å². The van der Waals surface area contributed by atoms with Crippen LogP contribution in [0.25, 0.3) is 0 Å². The molecule has 1 fully saturated rings. The van der Waals surface area contributed by atoms with Crippen molar-refractivity contribution in [1.82, 2.24) is 10.6 Å². The van der Waals surface area contributed by atoms with Crippen LogP contribution in [0, 0.1) is 0 Å². The van der Waals surface area contributed by atoms with Crippen molar-refractivity contribution in [2.24, 2.45) is 0 Å². The first-order valence-corrected chi connectivity index (χ1v) is 4.46. The minimum atomic E-state index is -6.19. The Morgan fingerprint density at radius 1 is 1.16 bits per heavy atom. The molecule has 0 aromatic carbocycles. The lowest BCUT2D eigenvalue weighted by Crippen LogP contribution is -2.64. The average Bonchev–Trinajstić information content (AvgIpc) is 2.23. The van der Waals surface area contributed by atoms with E-state index in [0.717, 1.165) is 0 Å². The molecule has 3 unspecified atom stereocenters. The number of nitrogens with one attached hydrogen (secondary N) is 2. The fourth-order valence-corrected chi connectivity index (χ4v) is 1.07. The predicted molar refractivity (Wildman–Crippen MR) is 42.3 cm³/mol. The van der Waals surface area contributed by atoms with E-state index in [1.807, 2.05) is 0 Å². The summed E-state index contributed by atoms with van der Waals surface area (Å²) in [5.74, 6) is -7.26. The van der Waals surface area contributed by atoms with Crippen LogP contribution in [0.5, 0.6) is 0 Å². The molecule has 1 rings (SSSR count). The van der Waals surface area contributed by atoms with Crippen molar-refractivity contribution < 1.29 is 45.1 Å². The second kappa shape index (κ2) is 4.83. The Hall–Kier alpha value is -1.59. The molecule has 0 radical (unpaired) electrons. The lowest BCUT2D eigenvalue weighted by atomic mass is 10.2. The van der Waals surface area contributed by atoms with E-state index in [4.69, 9.17) is 0 Å². The van der Waals surface area contributed by atoms with Crippen LogP contribution in [0.2, 0.25) is 0 Å². The molecule has 1 saturated heterocycles. The smallest absolute Gasteiger partial charge is 0.309 e. The Morgan fingerprint density at radius 3 is 2.11 bits per heavy atom. The second-order valence-corrected chi connectivity index (χ2v) is 3.35. The number of hydrogen-bond donors (Lipinski definition) is 2. The number of ether oxygens (including phenoxy) is 1. The number of hydrogen-bond acceptors (Lipinski definition) is 3. The summed E-state index contributed by atoms with van der Waals surface area (Å²) in [6, 6.07) is -1.51. The number of amides is 3. The molecular weight excluding hydrogens is 293 g/mol. The maximum atomic E-state index is 13.1. The highest BCUT2D eigenvalue weighted by Gasteiger charge is 2.66. The van der Waals surface area contributed by atoms with Crippen LogP contribution in [0.15, 0.2) is 0 Å². The number of alkyl halides is 7. The Bertz CT molecular complexity index is 387. The summed E-state index contributed by atoms with van der Waals surface area (Å²) in [6.07, 6.45) is -16.7. The summed E-state index contributed by atoms with van der Waals surface area (Å²) in [5, 5.41) is 2.52. The molecule has 1 aliphatic rings. The maximum absolute atomic E-state index is 13.1. The van der Waals surface area contributed by atoms with Gasteiger partial charge in [-0.25, -0.2) is 18.0 Å². The lowest BCUT2D eigenvalue weighted by molar-refractivity contribution is -0.384. The zero-order valence-electron chi connectivity index (χ0n) is 8.60. The topological polar surface area (TPSA) is 67.4 Å². The molecule has 12 heteroatoms. The van der Waals surface area contributed by atoms with Gasteiger partial charge in [-0.05, 0) is 0 Å². The highest BCUT2D eigenvalue weighted by Crippen LogP contribution is 2.41. The number of halogens is 7. The third-order valence-corrected chi connectivity index (χ3v) is 1.99. The van der Waals surface area contributed by atoms with Gasteiger partial charge in [-0.1, -0.05) is 0 Å². The monoisotopic (exact) mass is 298 g/mol. The largest absolute Gasteiger partial charge is 0.454 e. The summed E-state index contributed by atoms with van der Waals surface area (Å²) < 4.78 is 89.9. The summed E-state index contributed by atoms with van der Waals surface area (Å²) in [7, 11) is 0. The van der Waals surface area contributed by atoms with Crippen LogP contribution in [-0.2, 0) is 9.53 Å². The van der Waals surface area contributed by atoms with Gasteiger partial charge in [0.2, 0.25) is 6.17 Å². The number of rotatable bonds is 3. The van der Waals surface area contributed by atoms with Gasteiger partial charge in [0, 0.05) is 0 Å². The first-order chi connectivity index (χ1) is 8.49. The van der Waals surface area contributed by atoms with Gasteiger partial charge in [-0.15, -0.1) is 0 Å². The van der Waals surface area contributed by atoms with Crippen LogP contribution in [0.4, 0.5) is 35.5 Å². The fourth-order valence-electron chi connectivity index (χ4n) is 1.07. The molecule has 2 N–H and O–H groups in total. The molecule has 3 atom stereocenters. The summed E-state index contributed by atoms with van der Waals surface area (Å²) >= 11 is 0. The van der Waals surface area contributed by atoms with Crippen LogP contribution in [-0.4, -0.2) is 42.8 Å². The van der Waals surface area contributed by atoms with E-state index in [1.165, 1.54) is 10.6 Å². The number of urea groups is 1. The van der Waals surface area contributed by atoms with E-state index in [-0.39, 0.29) is 0 Å². The highest BCUT2D eigenvalue weighted by atomic mass is 19.4. The summed E-state index contributed by atoms with van der Waals surface area (Å²) in [6.45, 7) is 0. The molecule has 0 aromatic heterocycles. The normalized spacial score (nSPS) is 27.8. The van der Waals surface area contributed by atoms with E-state index in [2.05, 4.69) is 4.74 Å². The molecule has 0 saturated carbocycles. The van der Waals surface area contributed by atoms with E-state index in [9.17, 15) is 40.3 Å². The Labute approximate surface area is 99.6 Å². The van der Waals surface area contributed by atoms with E-state index < -0.39 is 42.8 Å². The Kier molecular flexibility index (Phi) is 3.93. The van der Waals surface area contributed by atoms with E-state index in [0.29, 0.717) is 0 Å². The maximum Gasteiger partial charge on any atom is 0.454 e. The molecular formula is C7H5F7N2O3. The third kappa shape index (κ3) is 2.88. The molecule has 0 bridgehead atoms. The number of imide groups is 1. The second-order valence-electron chi connectivity index (χ2n) is 3.35. The van der Waals surface area contributed by atoms with Crippen LogP contribution >= 0.6 is 0 Å². The van der Waals surface area contributed by atoms with E-state index >= 15 is 0 Å². The van der Waals surface area contributed by atoms with Gasteiger partial charge < -0.3 is 10.1 Å². The highest BCUT2D eigenvalue weighted by molar-refractivity contribution is 5.99. The van der Waals surface area contributed by atoms with Crippen LogP contribution < -0.4 is 10.6 Å². The standard InChI is InChI=1S/C7H5F7N2O3/c8-1-2(17)15-5(18)16-3(1)19-6(11,4(9)10)7(12,13)14/h1,3-4H,(H2,15,16,17,18). The average molecular weight is 298 g/mol. The quantitative estimate of drug-likeness (QED) is 0.764. The zero-order chi connectivity index (χ0) is 15.0. The summed E-state index contributed by atoms with van der Waals surface area (Å²) in [5.41, 5.74) is 0. The van der Waals surface area contributed by atoms with Crippen LogP contribution in [0.3, 0.4) is 0 Å². The molecule has 1 heterocycles. The van der Waals surface area contributed by atoms with Gasteiger partial charge in [-0.2, -0.15) is 17.6 Å². The van der Waals surface area contributed by atoms with Crippen LogP contribution in [0.1, 0.15) is 0 Å². The molecule has 1 aliphatic heterocycles. The SMILES string of the molecule is O=C1NC(=O)C(F)C(OC(F)(C(F)F)C(F)(F)F)N1. The van der Waals surface area contributed by atoms with Gasteiger partial charge in [0.05, 0.1) is 0 Å². The molecule has 5 nitrogen and oxygen atoms in total. The van der Waals surface area contributed by atoms with Crippen molar-refractivity contribution in [3.8, 4) is 0 Å². The molecule has 3 amide bonds.